The molecule has 0 aromatic heterocycles. The van der Waals surface area contributed by atoms with Crippen molar-refractivity contribution in [1.82, 2.24) is 0 Å². The van der Waals surface area contributed by atoms with E-state index in [0.29, 0.717) is 26.4 Å². The molecule has 0 N–H and O–H groups in total. The summed E-state index contributed by atoms with van der Waals surface area (Å²) in [5.74, 6) is 0. The summed E-state index contributed by atoms with van der Waals surface area (Å²) >= 11 is 0. The average Bonchev–Trinajstić information content (AvgIpc) is 2.06. The van der Waals surface area contributed by atoms with E-state index in [2.05, 4.69) is 0 Å². The summed E-state index contributed by atoms with van der Waals surface area (Å²) in [6.07, 6.45) is 0. The standard InChI is InChI=1S/C8H20O4Si.Ca.2H/c1-5-9-13(10-6-2,11-7-3)12-8-4;;;/h5-8H2,1-4H3;;;. The minimum absolute atomic E-state index is 0. The second-order valence-corrected chi connectivity index (χ2v) is 4.39. The third-order valence-electron chi connectivity index (χ3n) is 1.28. The van der Waals surface area contributed by atoms with Crippen molar-refractivity contribution < 1.29 is 17.7 Å². The first-order chi connectivity index (χ1) is 6.24. The van der Waals surface area contributed by atoms with Crippen LogP contribution in [0, 0.1) is 0 Å². The molecule has 84 valence electrons. The molecule has 0 aliphatic carbocycles. The van der Waals surface area contributed by atoms with Crippen molar-refractivity contribution in [2.24, 2.45) is 0 Å². The molecule has 0 saturated carbocycles. The first kappa shape index (κ1) is 17.7. The number of rotatable bonds is 8. The molecule has 0 spiro atoms. The number of hydrogen-bond acceptors (Lipinski definition) is 4. The molecule has 0 rings (SSSR count). The van der Waals surface area contributed by atoms with E-state index in [9.17, 15) is 0 Å². The summed E-state index contributed by atoms with van der Waals surface area (Å²) in [6, 6.07) is 0. The van der Waals surface area contributed by atoms with Gasteiger partial charge in [-0.15, -0.1) is 0 Å². The minimum atomic E-state index is -2.80. The van der Waals surface area contributed by atoms with Crippen molar-refractivity contribution in [2.75, 3.05) is 26.4 Å². The molecule has 0 heterocycles. The predicted molar refractivity (Wildman–Crippen MR) is 60.8 cm³/mol. The van der Waals surface area contributed by atoms with Gasteiger partial charge in [0.2, 0.25) is 0 Å². The molecule has 0 atom stereocenters. The van der Waals surface area contributed by atoms with Crippen molar-refractivity contribution >= 4 is 46.8 Å². The Morgan fingerprint density at radius 1 is 0.643 bits per heavy atom. The van der Waals surface area contributed by atoms with E-state index >= 15 is 0 Å². The zero-order chi connectivity index (χ0) is 10.2. The molecule has 0 aliphatic heterocycles. The van der Waals surface area contributed by atoms with E-state index in [-0.39, 0.29) is 37.7 Å². The van der Waals surface area contributed by atoms with Gasteiger partial charge < -0.3 is 17.7 Å². The molecule has 0 radical (unpaired) electrons. The summed E-state index contributed by atoms with van der Waals surface area (Å²) in [5, 5.41) is 0. The van der Waals surface area contributed by atoms with Gasteiger partial charge in [0.05, 0.1) is 0 Å². The van der Waals surface area contributed by atoms with Crippen molar-refractivity contribution in [1.29, 1.82) is 0 Å². The fraction of sp³-hybridized carbons (Fsp3) is 1.00. The van der Waals surface area contributed by atoms with Crippen LogP contribution in [0.1, 0.15) is 27.7 Å². The van der Waals surface area contributed by atoms with Crippen LogP contribution in [0.3, 0.4) is 0 Å². The van der Waals surface area contributed by atoms with Crippen LogP contribution in [0.2, 0.25) is 0 Å². The molecule has 0 aliphatic rings. The van der Waals surface area contributed by atoms with Gasteiger partial charge in [0.15, 0.2) is 0 Å². The second kappa shape index (κ2) is 10.8. The Kier molecular flexibility index (Phi) is 13.7. The van der Waals surface area contributed by atoms with E-state index < -0.39 is 9.05 Å². The van der Waals surface area contributed by atoms with E-state index in [1.807, 2.05) is 27.7 Å². The topological polar surface area (TPSA) is 36.9 Å². The van der Waals surface area contributed by atoms with Crippen LogP contribution in [-0.4, -0.2) is 73.2 Å². The molecule has 4 nitrogen and oxygen atoms in total. The SMILES string of the molecule is CCO[Si](OCC)(OCC)OCC.[CaH2]. The van der Waals surface area contributed by atoms with Gasteiger partial charge in [0.25, 0.3) is 0 Å². The van der Waals surface area contributed by atoms with Crippen molar-refractivity contribution in [3.8, 4) is 0 Å². The molecule has 0 saturated heterocycles. The van der Waals surface area contributed by atoms with Crippen LogP contribution >= 0.6 is 0 Å². The van der Waals surface area contributed by atoms with Gasteiger partial charge in [-0.05, 0) is 27.7 Å². The quantitative estimate of drug-likeness (QED) is 0.593. The van der Waals surface area contributed by atoms with Crippen LogP contribution < -0.4 is 0 Å². The first-order valence-electron chi connectivity index (χ1n) is 4.80. The Hall–Kier alpha value is 1.32. The summed E-state index contributed by atoms with van der Waals surface area (Å²) in [6.45, 7) is 9.80. The van der Waals surface area contributed by atoms with Crippen LogP contribution in [0.15, 0.2) is 0 Å². The van der Waals surface area contributed by atoms with E-state index in [0.717, 1.165) is 0 Å². The third-order valence-corrected chi connectivity index (χ3v) is 3.85. The van der Waals surface area contributed by atoms with E-state index in [1.54, 1.807) is 0 Å². The first-order valence-corrected chi connectivity index (χ1v) is 6.43. The Balaban J connectivity index is 0. The zero-order valence-corrected chi connectivity index (χ0v) is 9.96. The van der Waals surface area contributed by atoms with Crippen LogP contribution in [0.4, 0.5) is 0 Å². The molecule has 0 fully saturated rings. The summed E-state index contributed by atoms with van der Waals surface area (Å²) in [4.78, 5) is 0. The monoisotopic (exact) mass is 250 g/mol. The third kappa shape index (κ3) is 6.74. The summed E-state index contributed by atoms with van der Waals surface area (Å²) in [7, 11) is -2.80. The van der Waals surface area contributed by atoms with Gasteiger partial charge in [-0.3, -0.25) is 0 Å². The van der Waals surface area contributed by atoms with Gasteiger partial charge in [0.1, 0.15) is 0 Å². The zero-order valence-electron chi connectivity index (χ0n) is 8.96. The second-order valence-electron chi connectivity index (χ2n) is 2.23. The Bertz CT molecular complexity index is 96.4. The molecule has 6 heteroatoms. The van der Waals surface area contributed by atoms with Gasteiger partial charge in [-0.2, -0.15) is 0 Å². The van der Waals surface area contributed by atoms with Crippen LogP contribution in [0.25, 0.3) is 0 Å². The maximum absolute atomic E-state index is 5.42. The van der Waals surface area contributed by atoms with Crippen molar-refractivity contribution in [2.45, 2.75) is 27.7 Å². The van der Waals surface area contributed by atoms with Crippen molar-refractivity contribution in [3.05, 3.63) is 0 Å². The van der Waals surface area contributed by atoms with Gasteiger partial charge in [0, 0.05) is 26.4 Å². The molecular formula is C8H22CaO4Si. The fourth-order valence-corrected chi connectivity index (χ4v) is 2.87. The van der Waals surface area contributed by atoms with Crippen LogP contribution in [0.5, 0.6) is 0 Å². The fourth-order valence-electron chi connectivity index (χ4n) is 0.957. The molecule has 14 heavy (non-hydrogen) atoms. The predicted octanol–water partition coefficient (Wildman–Crippen LogP) is 0.652. The van der Waals surface area contributed by atoms with E-state index in [1.165, 1.54) is 0 Å². The molecular weight excluding hydrogens is 228 g/mol. The van der Waals surface area contributed by atoms with E-state index in [4.69, 9.17) is 17.7 Å². The van der Waals surface area contributed by atoms with Gasteiger partial charge in [-0.25, -0.2) is 0 Å². The van der Waals surface area contributed by atoms with Gasteiger partial charge in [-0.1, -0.05) is 0 Å². The molecule has 0 aromatic rings. The molecule has 0 unspecified atom stereocenters. The number of hydrogen-bond donors (Lipinski definition) is 0. The Morgan fingerprint density at radius 2 is 0.857 bits per heavy atom. The maximum atomic E-state index is 5.42. The average molecular weight is 250 g/mol. The normalized spacial score (nSPS) is 11.1. The Morgan fingerprint density at radius 3 is 1.00 bits per heavy atom. The summed E-state index contributed by atoms with van der Waals surface area (Å²) < 4.78 is 21.7. The van der Waals surface area contributed by atoms with Crippen LogP contribution in [-0.2, 0) is 17.7 Å². The molecule has 0 amide bonds. The summed E-state index contributed by atoms with van der Waals surface area (Å²) in [5.41, 5.74) is 0. The van der Waals surface area contributed by atoms with Crippen molar-refractivity contribution in [3.63, 3.8) is 0 Å². The van der Waals surface area contributed by atoms with Gasteiger partial charge >= 0.3 is 46.8 Å². The Labute approximate surface area is 118 Å². The molecule has 0 bridgehead atoms. The molecule has 0 aromatic carbocycles.